The van der Waals surface area contributed by atoms with E-state index in [1.54, 1.807) is 6.07 Å². The van der Waals surface area contributed by atoms with Crippen LogP contribution in [0.5, 0.6) is 5.75 Å². The van der Waals surface area contributed by atoms with Gasteiger partial charge in [0.05, 0.1) is 26.5 Å². The number of halogens is 3. The van der Waals surface area contributed by atoms with Crippen LogP contribution in [-0.2, 0) is 4.79 Å². The zero-order valence-corrected chi connectivity index (χ0v) is 11.1. The molecule has 0 aromatic heterocycles. The van der Waals surface area contributed by atoms with Gasteiger partial charge in [0.15, 0.2) is 0 Å². The lowest BCUT2D eigenvalue weighted by molar-refractivity contribution is -0.111. The SMILES string of the molecule is O=C1C(Cl)=CC(=Nc2ccc(O)cc2Cl)C=C1Cl. The van der Waals surface area contributed by atoms with Gasteiger partial charge in [-0.1, -0.05) is 34.8 Å². The summed E-state index contributed by atoms with van der Waals surface area (Å²) in [7, 11) is 0. The van der Waals surface area contributed by atoms with Crippen molar-refractivity contribution in [1.29, 1.82) is 0 Å². The fourth-order valence-electron chi connectivity index (χ4n) is 1.34. The Morgan fingerprint density at radius 2 is 1.67 bits per heavy atom. The first-order chi connectivity index (χ1) is 8.47. The highest BCUT2D eigenvalue weighted by atomic mass is 35.5. The predicted octanol–water partition coefficient (Wildman–Crippen LogP) is 3.95. The van der Waals surface area contributed by atoms with Crippen molar-refractivity contribution in [1.82, 2.24) is 0 Å². The molecule has 1 aliphatic carbocycles. The first-order valence-electron chi connectivity index (χ1n) is 4.83. The minimum Gasteiger partial charge on any atom is -0.508 e. The van der Waals surface area contributed by atoms with Crippen LogP contribution in [0.3, 0.4) is 0 Å². The number of hydrogen-bond donors (Lipinski definition) is 1. The quantitative estimate of drug-likeness (QED) is 0.799. The normalized spacial score (nSPS) is 15.3. The molecule has 0 aliphatic heterocycles. The van der Waals surface area contributed by atoms with Crippen LogP contribution in [-0.4, -0.2) is 16.6 Å². The third-order valence-corrected chi connectivity index (χ3v) is 3.03. The van der Waals surface area contributed by atoms with Gasteiger partial charge < -0.3 is 5.11 Å². The molecule has 92 valence electrons. The van der Waals surface area contributed by atoms with Crippen molar-refractivity contribution in [2.24, 2.45) is 4.99 Å². The van der Waals surface area contributed by atoms with Gasteiger partial charge in [-0.05, 0) is 24.3 Å². The zero-order chi connectivity index (χ0) is 13.3. The zero-order valence-electron chi connectivity index (χ0n) is 8.82. The maximum atomic E-state index is 11.3. The number of Topliss-reactive ketones (excluding diaryl/α,β-unsaturated/α-hetero) is 1. The third kappa shape index (κ3) is 2.75. The monoisotopic (exact) mass is 301 g/mol. The number of phenols is 1. The fourth-order valence-corrected chi connectivity index (χ4v) is 2.03. The Kier molecular flexibility index (Phi) is 3.76. The van der Waals surface area contributed by atoms with Crippen LogP contribution >= 0.6 is 34.8 Å². The van der Waals surface area contributed by atoms with Gasteiger partial charge in [-0.2, -0.15) is 0 Å². The van der Waals surface area contributed by atoms with E-state index in [9.17, 15) is 9.90 Å². The highest BCUT2D eigenvalue weighted by molar-refractivity contribution is 6.57. The largest absolute Gasteiger partial charge is 0.508 e. The van der Waals surface area contributed by atoms with E-state index < -0.39 is 5.78 Å². The maximum Gasteiger partial charge on any atom is 0.215 e. The molecule has 3 nitrogen and oxygen atoms in total. The lowest BCUT2D eigenvalue weighted by atomic mass is 10.1. The molecule has 18 heavy (non-hydrogen) atoms. The van der Waals surface area contributed by atoms with E-state index in [1.807, 2.05) is 0 Å². The molecule has 0 unspecified atom stereocenters. The number of benzene rings is 1. The highest BCUT2D eigenvalue weighted by Gasteiger charge is 2.17. The summed E-state index contributed by atoms with van der Waals surface area (Å²) in [6, 6.07) is 4.37. The van der Waals surface area contributed by atoms with Crippen LogP contribution in [0.4, 0.5) is 5.69 Å². The van der Waals surface area contributed by atoms with Gasteiger partial charge in [0.2, 0.25) is 5.78 Å². The second kappa shape index (κ2) is 5.14. The summed E-state index contributed by atoms with van der Waals surface area (Å²) in [6.07, 6.45) is 2.80. The Morgan fingerprint density at radius 3 is 2.22 bits per heavy atom. The van der Waals surface area contributed by atoms with Gasteiger partial charge in [0.25, 0.3) is 0 Å². The fraction of sp³-hybridized carbons (Fsp3) is 0. The second-order valence-corrected chi connectivity index (χ2v) is 4.71. The molecule has 1 aliphatic rings. The number of phenolic OH excluding ortho intramolecular Hbond substituents is 1. The topological polar surface area (TPSA) is 49.7 Å². The smallest absolute Gasteiger partial charge is 0.215 e. The Hall–Kier alpha value is -1.29. The Morgan fingerprint density at radius 1 is 1.06 bits per heavy atom. The van der Waals surface area contributed by atoms with Gasteiger partial charge in [-0.3, -0.25) is 4.79 Å². The van der Waals surface area contributed by atoms with Gasteiger partial charge in [0.1, 0.15) is 5.75 Å². The molecular formula is C12H6Cl3NO2. The Bertz CT molecular complexity index is 594. The van der Waals surface area contributed by atoms with E-state index in [1.165, 1.54) is 24.3 Å². The van der Waals surface area contributed by atoms with Crippen molar-refractivity contribution in [3.63, 3.8) is 0 Å². The molecule has 0 radical (unpaired) electrons. The summed E-state index contributed by atoms with van der Waals surface area (Å²) in [6.45, 7) is 0. The van der Waals surface area contributed by atoms with Crippen molar-refractivity contribution >= 4 is 52.0 Å². The standard InChI is InChI=1S/C12H6Cl3NO2/c13-8-5-7(17)1-2-11(8)16-6-3-9(14)12(18)10(15)4-6/h1-5,17H. The number of ketones is 1. The maximum absolute atomic E-state index is 11.3. The molecule has 0 fully saturated rings. The number of rotatable bonds is 1. The van der Waals surface area contributed by atoms with Gasteiger partial charge in [-0.15, -0.1) is 0 Å². The minimum absolute atomic E-state index is 0.00356. The van der Waals surface area contributed by atoms with Crippen LogP contribution < -0.4 is 0 Å². The number of aliphatic imine (C=N–C) groups is 1. The van der Waals surface area contributed by atoms with E-state index in [4.69, 9.17) is 34.8 Å². The molecule has 0 saturated carbocycles. The van der Waals surface area contributed by atoms with Crippen molar-refractivity contribution in [2.45, 2.75) is 0 Å². The Labute approximate surface area is 118 Å². The molecule has 1 aromatic rings. The first kappa shape index (κ1) is 13.1. The number of aromatic hydroxyl groups is 1. The number of carbonyl (C=O) groups excluding carboxylic acids is 1. The van der Waals surface area contributed by atoms with E-state index in [2.05, 4.69) is 4.99 Å². The average molecular weight is 303 g/mol. The number of allylic oxidation sites excluding steroid dienone is 4. The first-order valence-corrected chi connectivity index (χ1v) is 5.97. The minimum atomic E-state index is -0.436. The van der Waals surface area contributed by atoms with Crippen LogP contribution in [0.15, 0.2) is 45.4 Å². The van der Waals surface area contributed by atoms with Crippen molar-refractivity contribution < 1.29 is 9.90 Å². The molecule has 0 amide bonds. The van der Waals surface area contributed by atoms with E-state index in [-0.39, 0.29) is 20.8 Å². The van der Waals surface area contributed by atoms with Crippen LogP contribution in [0.25, 0.3) is 0 Å². The molecule has 0 spiro atoms. The number of nitrogens with zero attached hydrogens (tertiary/aromatic N) is 1. The lowest BCUT2D eigenvalue weighted by Gasteiger charge is -2.06. The van der Waals surface area contributed by atoms with Gasteiger partial charge in [-0.25, -0.2) is 4.99 Å². The molecule has 1 aromatic carbocycles. The second-order valence-electron chi connectivity index (χ2n) is 3.49. The van der Waals surface area contributed by atoms with Gasteiger partial charge >= 0.3 is 0 Å². The van der Waals surface area contributed by atoms with E-state index in [0.717, 1.165) is 0 Å². The third-order valence-electron chi connectivity index (χ3n) is 2.16. The van der Waals surface area contributed by atoms with Crippen LogP contribution in [0.2, 0.25) is 5.02 Å². The summed E-state index contributed by atoms with van der Waals surface area (Å²) in [4.78, 5) is 15.5. The Balaban J connectivity index is 2.43. The van der Waals surface area contributed by atoms with Crippen molar-refractivity contribution in [3.05, 3.63) is 45.4 Å². The number of hydrogen-bond acceptors (Lipinski definition) is 3. The molecule has 1 N–H and O–H groups in total. The van der Waals surface area contributed by atoms with E-state index >= 15 is 0 Å². The summed E-state index contributed by atoms with van der Waals surface area (Å²) in [5.41, 5.74) is 0.859. The number of carbonyl (C=O) groups is 1. The predicted molar refractivity (Wildman–Crippen MR) is 73.1 cm³/mol. The van der Waals surface area contributed by atoms with E-state index in [0.29, 0.717) is 11.4 Å². The molecule has 0 atom stereocenters. The molecule has 0 heterocycles. The molecular weight excluding hydrogens is 296 g/mol. The summed E-state index contributed by atoms with van der Waals surface area (Å²) < 4.78 is 0. The van der Waals surface area contributed by atoms with Crippen molar-refractivity contribution in [3.8, 4) is 5.75 Å². The summed E-state index contributed by atoms with van der Waals surface area (Å²) in [5, 5.41) is 9.50. The van der Waals surface area contributed by atoms with Crippen LogP contribution in [0.1, 0.15) is 0 Å². The van der Waals surface area contributed by atoms with Crippen molar-refractivity contribution in [2.75, 3.05) is 0 Å². The molecule has 6 heteroatoms. The van der Waals surface area contributed by atoms with Crippen LogP contribution in [0, 0.1) is 0 Å². The molecule has 2 rings (SSSR count). The average Bonchev–Trinajstić information content (AvgIpc) is 2.29. The molecule has 0 saturated heterocycles. The summed E-state index contributed by atoms with van der Waals surface area (Å²) >= 11 is 17.3. The van der Waals surface area contributed by atoms with Gasteiger partial charge in [0, 0.05) is 6.07 Å². The lowest BCUT2D eigenvalue weighted by Crippen LogP contribution is -2.07. The summed E-state index contributed by atoms with van der Waals surface area (Å²) in [5.74, 6) is -0.390. The highest BCUT2D eigenvalue weighted by Crippen LogP contribution is 2.30. The molecule has 0 bridgehead atoms.